The molecule has 0 unspecified atom stereocenters. The summed E-state index contributed by atoms with van der Waals surface area (Å²) in [6.07, 6.45) is 1.19. The first-order valence-corrected chi connectivity index (χ1v) is 12.2. The van der Waals surface area contributed by atoms with Gasteiger partial charge in [0.15, 0.2) is 0 Å². The Morgan fingerprint density at radius 1 is 1.08 bits per heavy atom. The van der Waals surface area contributed by atoms with Crippen LogP contribution in [0.3, 0.4) is 0 Å². The van der Waals surface area contributed by atoms with Crippen LogP contribution in [0, 0.1) is 0 Å². The maximum Gasteiger partial charge on any atom is 0.339 e. The van der Waals surface area contributed by atoms with E-state index >= 15 is 0 Å². The van der Waals surface area contributed by atoms with Gasteiger partial charge in [0.25, 0.3) is 10.0 Å². The SMILES string of the molecule is CCOC(=O)[C@@](C(=C=O)c1ccccc1)(c1cccc(NC=NN)c1)N(N)S(=O)(=O)c1ccccc1. The molecule has 0 amide bonds. The molecule has 1 atom stereocenters. The summed E-state index contributed by atoms with van der Waals surface area (Å²) in [4.78, 5) is 26.2. The van der Waals surface area contributed by atoms with E-state index in [1.165, 1.54) is 42.7 Å². The van der Waals surface area contributed by atoms with Crippen LogP contribution in [0.15, 0.2) is 94.9 Å². The van der Waals surface area contributed by atoms with Crippen molar-refractivity contribution in [1.29, 1.82) is 0 Å². The van der Waals surface area contributed by atoms with Crippen molar-refractivity contribution >= 4 is 39.5 Å². The summed E-state index contributed by atoms with van der Waals surface area (Å²) < 4.78 is 33.2. The van der Waals surface area contributed by atoms with E-state index in [9.17, 15) is 18.0 Å². The number of rotatable bonds is 10. The van der Waals surface area contributed by atoms with Crippen molar-refractivity contribution in [1.82, 2.24) is 4.41 Å². The van der Waals surface area contributed by atoms with Gasteiger partial charge >= 0.3 is 5.97 Å². The third-order valence-corrected chi connectivity index (χ3v) is 6.97. The van der Waals surface area contributed by atoms with Crippen molar-refractivity contribution in [2.45, 2.75) is 17.4 Å². The molecule has 0 aliphatic carbocycles. The van der Waals surface area contributed by atoms with Gasteiger partial charge in [-0.05, 0) is 42.3 Å². The molecule has 0 saturated carbocycles. The Bertz CT molecular complexity index is 1390. The van der Waals surface area contributed by atoms with Gasteiger partial charge in [-0.3, -0.25) is 5.84 Å². The highest BCUT2D eigenvalue weighted by Gasteiger charge is 2.56. The molecule has 3 aromatic rings. The Balaban J connectivity index is 2.44. The van der Waals surface area contributed by atoms with Crippen LogP contribution in [0.2, 0.25) is 0 Å². The molecule has 0 aliphatic heterocycles. The number of carbonyl (C=O) groups excluding carboxylic acids is 2. The second-order valence-corrected chi connectivity index (χ2v) is 9.21. The van der Waals surface area contributed by atoms with Crippen molar-refractivity contribution in [3.05, 3.63) is 96.1 Å². The molecule has 0 bridgehead atoms. The normalized spacial score (nSPS) is 13.1. The molecule has 0 spiro atoms. The molecule has 0 fully saturated rings. The number of nitrogens with two attached hydrogens (primary N) is 2. The number of benzene rings is 3. The summed E-state index contributed by atoms with van der Waals surface area (Å²) in [5.74, 6) is 12.2. The van der Waals surface area contributed by atoms with Crippen LogP contribution < -0.4 is 17.0 Å². The van der Waals surface area contributed by atoms with E-state index < -0.39 is 21.5 Å². The number of hydrazone groups is 1. The Morgan fingerprint density at radius 2 is 1.72 bits per heavy atom. The van der Waals surface area contributed by atoms with Gasteiger partial charge in [0.05, 0.1) is 17.1 Å². The van der Waals surface area contributed by atoms with E-state index in [0.717, 1.165) is 0 Å². The van der Waals surface area contributed by atoms with E-state index in [0.29, 0.717) is 10.1 Å². The molecule has 11 heteroatoms. The molecule has 5 N–H and O–H groups in total. The fourth-order valence-corrected chi connectivity index (χ4v) is 5.07. The van der Waals surface area contributed by atoms with E-state index in [1.807, 2.05) is 0 Å². The van der Waals surface area contributed by atoms with Gasteiger partial charge < -0.3 is 15.9 Å². The second-order valence-electron chi connectivity index (χ2n) is 7.39. The smallest absolute Gasteiger partial charge is 0.339 e. The minimum absolute atomic E-state index is 0.0283. The number of nitrogens with zero attached hydrogens (tertiary/aromatic N) is 2. The van der Waals surface area contributed by atoms with Gasteiger partial charge in [-0.2, -0.15) is 5.10 Å². The predicted molar refractivity (Wildman–Crippen MR) is 136 cm³/mol. The number of hydrogen-bond donors (Lipinski definition) is 3. The largest absolute Gasteiger partial charge is 0.464 e. The first-order chi connectivity index (χ1) is 17.3. The molecule has 10 nitrogen and oxygen atoms in total. The topological polar surface area (TPSA) is 157 Å². The summed E-state index contributed by atoms with van der Waals surface area (Å²) in [6.45, 7) is 1.44. The summed E-state index contributed by atoms with van der Waals surface area (Å²) >= 11 is 0. The maximum absolute atomic E-state index is 13.8. The maximum atomic E-state index is 13.8. The summed E-state index contributed by atoms with van der Waals surface area (Å²) in [6, 6.07) is 21.4. The highest BCUT2D eigenvalue weighted by Crippen LogP contribution is 2.43. The van der Waals surface area contributed by atoms with Gasteiger partial charge in [-0.25, -0.2) is 18.0 Å². The molecule has 0 aromatic heterocycles. The van der Waals surface area contributed by atoms with E-state index in [4.69, 9.17) is 16.4 Å². The van der Waals surface area contributed by atoms with Crippen molar-refractivity contribution < 1.29 is 22.7 Å². The summed E-state index contributed by atoms with van der Waals surface area (Å²) in [5.41, 5.74) is -2.17. The average Bonchev–Trinajstić information content (AvgIpc) is 2.91. The fraction of sp³-hybridized carbons (Fsp3) is 0.120. The molecule has 0 radical (unpaired) electrons. The van der Waals surface area contributed by atoms with Crippen LogP contribution in [0.25, 0.3) is 5.57 Å². The monoisotopic (exact) mass is 507 g/mol. The van der Waals surface area contributed by atoms with Crippen LogP contribution in [-0.4, -0.2) is 37.7 Å². The van der Waals surface area contributed by atoms with Crippen molar-refractivity contribution in [2.75, 3.05) is 11.9 Å². The molecule has 3 rings (SSSR count). The van der Waals surface area contributed by atoms with Crippen LogP contribution in [-0.2, 0) is 29.9 Å². The van der Waals surface area contributed by atoms with Crippen LogP contribution in [0.4, 0.5) is 5.69 Å². The Labute approximate surface area is 208 Å². The Hall–Kier alpha value is -4.28. The van der Waals surface area contributed by atoms with E-state index in [1.54, 1.807) is 61.4 Å². The predicted octanol–water partition coefficient (Wildman–Crippen LogP) is 2.24. The first-order valence-electron chi connectivity index (χ1n) is 10.8. The van der Waals surface area contributed by atoms with Gasteiger partial charge in [-0.15, -0.1) is 4.41 Å². The van der Waals surface area contributed by atoms with Crippen molar-refractivity contribution in [2.24, 2.45) is 16.8 Å². The molecule has 0 aliphatic rings. The lowest BCUT2D eigenvalue weighted by atomic mass is 9.80. The van der Waals surface area contributed by atoms with Crippen LogP contribution in [0.1, 0.15) is 18.1 Å². The van der Waals surface area contributed by atoms with Gasteiger partial charge in [0, 0.05) is 5.69 Å². The number of sulfonamides is 1. The van der Waals surface area contributed by atoms with E-state index in [2.05, 4.69) is 10.4 Å². The number of anilines is 1. The first kappa shape index (κ1) is 26.3. The zero-order valence-corrected chi connectivity index (χ0v) is 20.2. The van der Waals surface area contributed by atoms with Crippen LogP contribution in [0.5, 0.6) is 0 Å². The standard InChI is InChI=1S/C25H25N5O5S/c1-2-35-24(32)25(23(17-31)19-10-5-3-6-11-19,20-12-9-13-21(16-20)28-18-29-26)30(27)36(33,34)22-14-7-4-8-15-22/h3-16,18H,2,26-27H2,1H3,(H,28,29)/t25-/m0/s1. The fourth-order valence-electron chi connectivity index (χ4n) is 3.71. The van der Waals surface area contributed by atoms with Gasteiger partial charge in [0.2, 0.25) is 5.54 Å². The quantitative estimate of drug-likeness (QED) is 0.0941. The third-order valence-electron chi connectivity index (χ3n) is 5.31. The van der Waals surface area contributed by atoms with Crippen LogP contribution >= 0.6 is 0 Å². The number of ether oxygens (including phenoxy) is 1. The van der Waals surface area contributed by atoms with Crippen molar-refractivity contribution in [3.8, 4) is 0 Å². The van der Waals surface area contributed by atoms with E-state index in [-0.39, 0.29) is 28.2 Å². The number of nitrogens with one attached hydrogen (secondary N) is 1. The lowest BCUT2D eigenvalue weighted by molar-refractivity contribution is -0.152. The van der Waals surface area contributed by atoms with Gasteiger partial charge in [-0.1, -0.05) is 60.7 Å². The summed E-state index contributed by atoms with van der Waals surface area (Å²) in [7, 11) is -4.56. The third kappa shape index (κ3) is 4.90. The Morgan fingerprint density at radius 3 is 2.31 bits per heavy atom. The second kappa shape index (κ2) is 11.4. The molecule has 3 aromatic carbocycles. The minimum atomic E-state index is -4.56. The summed E-state index contributed by atoms with van der Waals surface area (Å²) in [5, 5.41) is 6.17. The highest BCUT2D eigenvalue weighted by atomic mass is 32.2. The zero-order valence-electron chi connectivity index (χ0n) is 19.4. The highest BCUT2D eigenvalue weighted by molar-refractivity contribution is 7.89. The molecule has 0 saturated heterocycles. The van der Waals surface area contributed by atoms with Gasteiger partial charge in [0.1, 0.15) is 12.3 Å². The molecule has 186 valence electrons. The zero-order chi connectivity index (χ0) is 26.2. The molecular formula is C25H25N5O5S. The molecule has 36 heavy (non-hydrogen) atoms. The molecular weight excluding hydrogens is 482 g/mol. The minimum Gasteiger partial charge on any atom is -0.464 e. The number of hydrogen-bond acceptors (Lipinski definition) is 8. The average molecular weight is 508 g/mol. The number of carbonyl (C=O) groups is 1. The number of esters is 1. The van der Waals surface area contributed by atoms with Crippen molar-refractivity contribution in [3.63, 3.8) is 0 Å². The molecule has 0 heterocycles. The lowest BCUT2D eigenvalue weighted by Gasteiger charge is -2.38. The lowest BCUT2D eigenvalue weighted by Crippen LogP contribution is -2.59. The Kier molecular flexibility index (Phi) is 8.36. The number of hydrazine groups is 1.